The number of hydrogen-bond acceptors (Lipinski definition) is 3. The largest absolute Gasteiger partial charge is 0.497 e. The van der Waals surface area contributed by atoms with E-state index in [0.717, 1.165) is 12.8 Å². The molecule has 1 aliphatic heterocycles. The first-order chi connectivity index (χ1) is 12.8. The lowest BCUT2D eigenvalue weighted by atomic mass is 10.1. The highest BCUT2D eigenvalue weighted by Gasteiger charge is 2.10. The van der Waals surface area contributed by atoms with Crippen LogP contribution in [0, 0.1) is 0 Å². The van der Waals surface area contributed by atoms with E-state index < -0.39 is 0 Å². The smallest absolute Gasteiger partial charge is 0.251 e. The number of carbonyl (C=O) groups excluding carboxylic acids is 1. The van der Waals surface area contributed by atoms with E-state index in [1.807, 2.05) is 12.1 Å². The Hall–Kier alpha value is -2.49. The number of rotatable bonds is 7. The van der Waals surface area contributed by atoms with Crippen LogP contribution in [0.15, 0.2) is 48.5 Å². The average molecular weight is 352 g/mol. The number of hydrogen-bond donors (Lipinski definition) is 1. The van der Waals surface area contributed by atoms with Crippen molar-refractivity contribution in [3.63, 3.8) is 0 Å². The molecular weight excluding hydrogens is 324 g/mol. The highest BCUT2D eigenvalue weighted by atomic mass is 16.5. The molecule has 2 aromatic carbocycles. The number of nitrogens with zero attached hydrogens (tertiary/aromatic N) is 1. The van der Waals surface area contributed by atoms with Crippen molar-refractivity contribution in [1.82, 2.24) is 5.32 Å². The van der Waals surface area contributed by atoms with Crippen molar-refractivity contribution in [2.24, 2.45) is 0 Å². The molecule has 2 aromatic rings. The van der Waals surface area contributed by atoms with E-state index >= 15 is 0 Å². The Kier molecular flexibility index (Phi) is 6.53. The Balaban J connectivity index is 1.42. The van der Waals surface area contributed by atoms with E-state index in [0.29, 0.717) is 17.9 Å². The first-order valence-electron chi connectivity index (χ1n) is 9.52. The Morgan fingerprint density at radius 2 is 1.85 bits per heavy atom. The molecule has 0 radical (unpaired) electrons. The number of ether oxygens (including phenoxy) is 1. The van der Waals surface area contributed by atoms with Gasteiger partial charge in [-0.25, -0.2) is 0 Å². The molecule has 1 heterocycles. The van der Waals surface area contributed by atoms with Crippen LogP contribution in [0.1, 0.15) is 41.6 Å². The van der Waals surface area contributed by atoms with Gasteiger partial charge in [0, 0.05) is 30.9 Å². The summed E-state index contributed by atoms with van der Waals surface area (Å²) in [5.41, 5.74) is 3.29. The maximum Gasteiger partial charge on any atom is 0.251 e. The number of aryl methyl sites for hydroxylation is 1. The highest BCUT2D eigenvalue weighted by Crippen LogP contribution is 2.20. The molecule has 4 nitrogen and oxygen atoms in total. The number of anilines is 1. The number of carbonyl (C=O) groups is 1. The van der Waals surface area contributed by atoms with E-state index in [4.69, 9.17) is 4.74 Å². The molecule has 1 saturated heterocycles. The van der Waals surface area contributed by atoms with Gasteiger partial charge in [-0.05, 0) is 68.0 Å². The van der Waals surface area contributed by atoms with Crippen molar-refractivity contribution < 1.29 is 9.53 Å². The van der Waals surface area contributed by atoms with Crippen LogP contribution < -0.4 is 15.0 Å². The lowest BCUT2D eigenvalue weighted by Gasteiger charge is -2.28. The molecule has 1 N–H and O–H groups in total. The summed E-state index contributed by atoms with van der Waals surface area (Å²) in [7, 11) is 1.60. The van der Waals surface area contributed by atoms with Crippen molar-refractivity contribution in [3.05, 3.63) is 59.7 Å². The van der Waals surface area contributed by atoms with Gasteiger partial charge in [0.25, 0.3) is 5.91 Å². The van der Waals surface area contributed by atoms with Crippen LogP contribution in [-0.4, -0.2) is 32.7 Å². The fourth-order valence-corrected chi connectivity index (χ4v) is 3.39. The molecule has 138 valence electrons. The van der Waals surface area contributed by atoms with Crippen molar-refractivity contribution in [2.45, 2.75) is 32.1 Å². The molecule has 3 rings (SSSR count). The summed E-state index contributed by atoms with van der Waals surface area (Å²) in [6.45, 7) is 3.02. The third-order valence-electron chi connectivity index (χ3n) is 4.92. The summed E-state index contributed by atoms with van der Waals surface area (Å²) < 4.78 is 5.16. The minimum atomic E-state index is -0.0515. The van der Waals surface area contributed by atoms with E-state index in [-0.39, 0.29) is 5.91 Å². The third kappa shape index (κ3) is 5.01. The summed E-state index contributed by atoms with van der Waals surface area (Å²) in [5, 5.41) is 2.98. The van der Waals surface area contributed by atoms with Crippen LogP contribution >= 0.6 is 0 Å². The Labute approximate surface area is 156 Å². The topological polar surface area (TPSA) is 41.6 Å². The van der Waals surface area contributed by atoms with Gasteiger partial charge in [0.1, 0.15) is 5.75 Å². The first-order valence-corrected chi connectivity index (χ1v) is 9.52. The number of piperidine rings is 1. The molecule has 1 aliphatic rings. The summed E-state index contributed by atoms with van der Waals surface area (Å²) >= 11 is 0. The van der Waals surface area contributed by atoms with Crippen molar-refractivity contribution >= 4 is 11.6 Å². The highest BCUT2D eigenvalue weighted by molar-refractivity contribution is 5.94. The minimum Gasteiger partial charge on any atom is -0.497 e. The number of methoxy groups -OCH3 is 1. The van der Waals surface area contributed by atoms with Gasteiger partial charge in [0.05, 0.1) is 7.11 Å². The minimum absolute atomic E-state index is 0.0515. The van der Waals surface area contributed by atoms with E-state index in [2.05, 4.69) is 34.5 Å². The molecule has 26 heavy (non-hydrogen) atoms. The van der Waals surface area contributed by atoms with Crippen LogP contribution in [0.4, 0.5) is 5.69 Å². The van der Waals surface area contributed by atoms with Crippen LogP contribution in [0.5, 0.6) is 5.75 Å². The standard InChI is InChI=1S/C22H28N2O2/c1-26-21-9-5-8-19(17-21)22(25)23-14-6-7-18-10-12-20(13-11-18)24-15-3-2-4-16-24/h5,8-13,17H,2-4,6-7,14-16H2,1H3,(H,23,25). The fourth-order valence-electron chi connectivity index (χ4n) is 3.39. The quantitative estimate of drug-likeness (QED) is 0.765. The molecule has 0 atom stereocenters. The fraction of sp³-hybridized carbons (Fsp3) is 0.409. The molecule has 0 saturated carbocycles. The maximum atomic E-state index is 12.2. The zero-order valence-corrected chi connectivity index (χ0v) is 15.5. The van der Waals surface area contributed by atoms with Gasteiger partial charge in [-0.2, -0.15) is 0 Å². The molecule has 0 aliphatic carbocycles. The van der Waals surface area contributed by atoms with Gasteiger partial charge in [-0.3, -0.25) is 4.79 Å². The second-order valence-corrected chi connectivity index (χ2v) is 6.81. The molecule has 0 aromatic heterocycles. The Morgan fingerprint density at radius 3 is 2.58 bits per heavy atom. The third-order valence-corrected chi connectivity index (χ3v) is 4.92. The Bertz CT molecular complexity index is 706. The average Bonchev–Trinajstić information content (AvgIpc) is 2.72. The number of nitrogens with one attached hydrogen (secondary N) is 1. The molecular formula is C22H28N2O2. The van der Waals surface area contributed by atoms with Crippen LogP contribution in [0.25, 0.3) is 0 Å². The van der Waals surface area contributed by atoms with Gasteiger partial charge in [0.2, 0.25) is 0 Å². The van der Waals surface area contributed by atoms with Crippen LogP contribution in [-0.2, 0) is 6.42 Å². The van der Waals surface area contributed by atoms with Crippen LogP contribution in [0.2, 0.25) is 0 Å². The molecule has 0 bridgehead atoms. The lowest BCUT2D eigenvalue weighted by Crippen LogP contribution is -2.29. The summed E-state index contributed by atoms with van der Waals surface area (Å²) in [6.07, 6.45) is 5.86. The number of benzene rings is 2. The second-order valence-electron chi connectivity index (χ2n) is 6.81. The summed E-state index contributed by atoms with van der Waals surface area (Å²) in [4.78, 5) is 14.6. The zero-order valence-electron chi connectivity index (χ0n) is 15.5. The van der Waals surface area contributed by atoms with E-state index in [9.17, 15) is 4.79 Å². The second kappa shape index (κ2) is 9.27. The van der Waals surface area contributed by atoms with Gasteiger partial charge in [-0.15, -0.1) is 0 Å². The first kappa shape index (κ1) is 18.3. The van der Waals surface area contributed by atoms with Crippen molar-refractivity contribution in [1.29, 1.82) is 0 Å². The summed E-state index contributed by atoms with van der Waals surface area (Å²) in [5.74, 6) is 0.649. The normalized spacial score (nSPS) is 14.1. The van der Waals surface area contributed by atoms with Gasteiger partial charge in [0.15, 0.2) is 0 Å². The summed E-state index contributed by atoms with van der Waals surface area (Å²) in [6, 6.07) is 16.1. The molecule has 0 spiro atoms. The van der Waals surface area contributed by atoms with E-state index in [1.165, 1.54) is 43.6 Å². The van der Waals surface area contributed by atoms with Gasteiger partial charge in [-0.1, -0.05) is 18.2 Å². The molecule has 1 fully saturated rings. The van der Waals surface area contributed by atoms with Crippen LogP contribution in [0.3, 0.4) is 0 Å². The van der Waals surface area contributed by atoms with Crippen molar-refractivity contribution in [2.75, 3.05) is 31.6 Å². The molecule has 1 amide bonds. The zero-order chi connectivity index (χ0) is 18.2. The van der Waals surface area contributed by atoms with Gasteiger partial charge >= 0.3 is 0 Å². The monoisotopic (exact) mass is 352 g/mol. The molecule has 0 unspecified atom stereocenters. The predicted octanol–water partition coefficient (Wildman–Crippen LogP) is 4.05. The maximum absolute atomic E-state index is 12.2. The lowest BCUT2D eigenvalue weighted by molar-refractivity contribution is 0.0953. The SMILES string of the molecule is COc1cccc(C(=O)NCCCc2ccc(N3CCCCC3)cc2)c1. The Morgan fingerprint density at radius 1 is 1.08 bits per heavy atom. The van der Waals surface area contributed by atoms with E-state index in [1.54, 1.807) is 19.2 Å². The van der Waals surface area contributed by atoms with Crippen molar-refractivity contribution in [3.8, 4) is 5.75 Å². The number of amides is 1. The molecule has 4 heteroatoms. The predicted molar refractivity (Wildman–Crippen MR) is 106 cm³/mol. The van der Waals surface area contributed by atoms with Gasteiger partial charge < -0.3 is 15.0 Å².